The fourth-order valence-corrected chi connectivity index (χ4v) is 1.59. The summed E-state index contributed by atoms with van der Waals surface area (Å²) in [5.41, 5.74) is -0.994. The third-order valence-electron chi connectivity index (χ3n) is 2.87. The summed E-state index contributed by atoms with van der Waals surface area (Å²) >= 11 is 0. The molecule has 0 aliphatic carbocycles. The van der Waals surface area contributed by atoms with Gasteiger partial charge in [0.05, 0.1) is 6.20 Å². The van der Waals surface area contributed by atoms with Gasteiger partial charge in [0.15, 0.2) is 0 Å². The Bertz CT molecular complexity index is 813. The number of carbonyl (C=O) groups is 1. The molecule has 0 unspecified atom stereocenters. The van der Waals surface area contributed by atoms with Crippen molar-refractivity contribution >= 4 is 11.6 Å². The van der Waals surface area contributed by atoms with Crippen LogP contribution in [0.3, 0.4) is 0 Å². The molecule has 7 nitrogen and oxygen atoms in total. The van der Waals surface area contributed by atoms with Crippen molar-refractivity contribution in [3.63, 3.8) is 0 Å². The van der Waals surface area contributed by atoms with Crippen LogP contribution in [0.4, 0.5) is 18.9 Å². The Labute approximate surface area is 174 Å². The van der Waals surface area contributed by atoms with Gasteiger partial charge >= 0.3 is 6.18 Å². The summed E-state index contributed by atoms with van der Waals surface area (Å²) in [6, 6.07) is 1.71. The van der Waals surface area contributed by atoms with Crippen molar-refractivity contribution in [1.82, 2.24) is 19.7 Å². The summed E-state index contributed by atoms with van der Waals surface area (Å²) in [7, 11) is 0. The topological polar surface area (TPSA) is 92.7 Å². The van der Waals surface area contributed by atoms with E-state index in [2.05, 4.69) is 33.5 Å². The van der Waals surface area contributed by atoms with Crippen molar-refractivity contribution in [3.8, 4) is 5.95 Å². The number of nitrogens with zero attached hydrogens (tertiary/aromatic N) is 3. The number of nitrogens with one attached hydrogen (secondary N) is 2. The van der Waals surface area contributed by atoms with Crippen LogP contribution in [-0.2, 0) is 4.79 Å². The first kappa shape index (κ1) is 29.0. The lowest BCUT2D eigenvalue weighted by atomic mass is 10.1. The molecule has 0 fully saturated rings. The fraction of sp³-hybridized carbons (Fsp3) is 0.400. The Balaban J connectivity index is 0. The Morgan fingerprint density at radius 2 is 1.90 bits per heavy atom. The van der Waals surface area contributed by atoms with Crippen LogP contribution in [0.25, 0.3) is 5.95 Å². The summed E-state index contributed by atoms with van der Waals surface area (Å²) in [6.45, 7) is 15.5. The van der Waals surface area contributed by atoms with E-state index in [1.165, 1.54) is 23.9 Å². The number of carbonyl (C=O) groups excluding carboxylic acids is 1. The zero-order valence-electron chi connectivity index (χ0n) is 18.0. The molecule has 1 amide bonds. The molecule has 0 saturated heterocycles. The van der Waals surface area contributed by atoms with Gasteiger partial charge in [0.25, 0.3) is 5.56 Å². The van der Waals surface area contributed by atoms with Crippen LogP contribution in [0.1, 0.15) is 47.5 Å². The highest BCUT2D eigenvalue weighted by Crippen LogP contribution is 2.27. The molecular weight excluding hydrogens is 399 g/mol. The first-order valence-electron chi connectivity index (χ1n) is 9.38. The number of halogens is 3. The molecule has 0 aliphatic rings. The first-order chi connectivity index (χ1) is 14.1. The average molecular weight is 429 g/mol. The number of amides is 1. The predicted octanol–water partition coefficient (Wildman–Crippen LogP) is 5.04. The van der Waals surface area contributed by atoms with Gasteiger partial charge in [-0.15, -0.1) is 6.58 Å². The predicted molar refractivity (Wildman–Crippen MR) is 114 cm³/mol. The third kappa shape index (κ3) is 11.6. The molecule has 0 radical (unpaired) electrons. The average Bonchev–Trinajstić information content (AvgIpc) is 3.25. The van der Waals surface area contributed by atoms with Crippen LogP contribution in [0.15, 0.2) is 54.3 Å². The normalized spacial score (nSPS) is 9.47. The maximum absolute atomic E-state index is 11.6. The van der Waals surface area contributed by atoms with Gasteiger partial charge in [0.2, 0.25) is 11.9 Å². The molecule has 0 aliphatic heterocycles. The standard InChI is InChI=1S/C9H9N5O2.C7H9F3.2C2H6/c1-6(15)12-7-5-10-9(13-8(7)16)14-4-2-3-11-14;1-3-4-5-6(2)7(8,9)10;2*1-2/h2-5H,1H3,(H,12,15)(H,10,13,16);3H,1-2,4-5H2;2*1-2H3. The molecule has 0 saturated carbocycles. The summed E-state index contributed by atoms with van der Waals surface area (Å²) in [6.07, 6.45) is 2.00. The van der Waals surface area contributed by atoms with E-state index in [0.717, 1.165) is 0 Å². The van der Waals surface area contributed by atoms with Gasteiger partial charge in [-0.25, -0.2) is 9.67 Å². The van der Waals surface area contributed by atoms with Gasteiger partial charge in [-0.05, 0) is 18.9 Å². The highest BCUT2D eigenvalue weighted by atomic mass is 19.4. The molecule has 30 heavy (non-hydrogen) atoms. The molecule has 2 aromatic rings. The molecule has 0 atom stereocenters. The van der Waals surface area contributed by atoms with Crippen molar-refractivity contribution in [2.75, 3.05) is 5.32 Å². The minimum absolute atomic E-state index is 0.0486. The van der Waals surface area contributed by atoms with Gasteiger partial charge in [-0.3, -0.25) is 14.6 Å². The number of aromatic nitrogens is 4. The highest BCUT2D eigenvalue weighted by molar-refractivity contribution is 5.88. The second-order valence-electron chi connectivity index (χ2n) is 5.01. The molecule has 2 heterocycles. The smallest absolute Gasteiger partial charge is 0.320 e. The zero-order chi connectivity index (χ0) is 23.7. The van der Waals surface area contributed by atoms with E-state index in [4.69, 9.17) is 0 Å². The van der Waals surface area contributed by atoms with Gasteiger partial charge in [-0.1, -0.05) is 40.3 Å². The van der Waals surface area contributed by atoms with Crippen LogP contribution >= 0.6 is 0 Å². The number of rotatable bonds is 5. The number of H-pyrrole nitrogens is 1. The lowest BCUT2D eigenvalue weighted by molar-refractivity contribution is -0.114. The molecule has 0 bridgehead atoms. The quantitative estimate of drug-likeness (QED) is 0.652. The second-order valence-corrected chi connectivity index (χ2v) is 5.01. The van der Waals surface area contributed by atoms with Crippen molar-refractivity contribution < 1.29 is 18.0 Å². The maximum Gasteiger partial charge on any atom is 0.412 e. The number of hydrogen-bond donors (Lipinski definition) is 2. The lowest BCUT2D eigenvalue weighted by Gasteiger charge is -2.07. The Kier molecular flexibility index (Phi) is 15.2. The molecule has 2 rings (SSSR count). The van der Waals surface area contributed by atoms with Crippen LogP contribution in [0, 0.1) is 0 Å². The van der Waals surface area contributed by atoms with Crippen molar-refractivity contribution in [1.29, 1.82) is 0 Å². The Morgan fingerprint density at radius 1 is 1.30 bits per heavy atom. The van der Waals surface area contributed by atoms with Crippen molar-refractivity contribution in [2.45, 2.75) is 53.6 Å². The molecule has 2 aromatic heterocycles. The van der Waals surface area contributed by atoms with E-state index in [-0.39, 0.29) is 18.0 Å². The minimum Gasteiger partial charge on any atom is -0.320 e. The van der Waals surface area contributed by atoms with Crippen LogP contribution in [0.2, 0.25) is 0 Å². The molecule has 2 N–H and O–H groups in total. The second kappa shape index (κ2) is 15.7. The number of hydrogen-bond acceptors (Lipinski definition) is 4. The molecule has 0 aromatic carbocycles. The summed E-state index contributed by atoms with van der Waals surface area (Å²) < 4.78 is 36.3. The van der Waals surface area contributed by atoms with E-state index in [1.54, 1.807) is 18.5 Å². The summed E-state index contributed by atoms with van der Waals surface area (Å²) in [4.78, 5) is 28.8. The van der Waals surface area contributed by atoms with E-state index in [0.29, 0.717) is 12.4 Å². The SMILES string of the molecule is C=CCCC(=C)C(F)(F)F.CC.CC.CC(=O)Nc1cnc(-n2cccn2)[nH]c1=O. The van der Waals surface area contributed by atoms with Crippen molar-refractivity contribution in [3.05, 3.63) is 59.8 Å². The Hall–Kier alpha value is -3.17. The van der Waals surface area contributed by atoms with Gasteiger partial charge in [0.1, 0.15) is 5.69 Å². The third-order valence-corrected chi connectivity index (χ3v) is 2.87. The van der Waals surface area contributed by atoms with E-state index in [1.807, 2.05) is 27.7 Å². The zero-order valence-corrected chi connectivity index (χ0v) is 18.0. The first-order valence-corrected chi connectivity index (χ1v) is 9.38. The van der Waals surface area contributed by atoms with Gasteiger partial charge < -0.3 is 5.32 Å². The highest BCUT2D eigenvalue weighted by Gasteiger charge is 2.30. The van der Waals surface area contributed by atoms with E-state index < -0.39 is 17.3 Å². The number of aromatic amines is 1. The van der Waals surface area contributed by atoms with Crippen LogP contribution in [-0.4, -0.2) is 31.8 Å². The van der Waals surface area contributed by atoms with Crippen LogP contribution in [0.5, 0.6) is 0 Å². The molecule has 10 heteroatoms. The molecule has 0 spiro atoms. The summed E-state index contributed by atoms with van der Waals surface area (Å²) in [5, 5.41) is 6.29. The molecular formula is C20H30F3N5O2. The lowest BCUT2D eigenvalue weighted by Crippen LogP contribution is -2.20. The number of alkyl halides is 3. The Morgan fingerprint density at radius 3 is 2.30 bits per heavy atom. The van der Waals surface area contributed by atoms with Gasteiger partial charge in [0, 0.05) is 24.9 Å². The summed E-state index contributed by atoms with van der Waals surface area (Å²) in [5.74, 6) is -0.0248. The minimum atomic E-state index is -4.23. The fourth-order valence-electron chi connectivity index (χ4n) is 1.59. The largest absolute Gasteiger partial charge is 0.412 e. The molecule has 168 valence electrons. The number of allylic oxidation sites excluding steroid dienone is 2. The van der Waals surface area contributed by atoms with Gasteiger partial charge in [-0.2, -0.15) is 18.3 Å². The van der Waals surface area contributed by atoms with E-state index >= 15 is 0 Å². The number of anilines is 1. The van der Waals surface area contributed by atoms with Crippen molar-refractivity contribution in [2.24, 2.45) is 0 Å². The maximum atomic E-state index is 11.6. The van der Waals surface area contributed by atoms with E-state index in [9.17, 15) is 22.8 Å². The monoisotopic (exact) mass is 429 g/mol. The van der Waals surface area contributed by atoms with Crippen LogP contribution < -0.4 is 10.9 Å².